The summed E-state index contributed by atoms with van der Waals surface area (Å²) in [6, 6.07) is 8.05. The van der Waals surface area contributed by atoms with Crippen molar-refractivity contribution in [3.8, 4) is 0 Å². The molecule has 1 heterocycles. The van der Waals surface area contributed by atoms with Crippen LogP contribution in [0.3, 0.4) is 0 Å². The second kappa shape index (κ2) is 7.20. The van der Waals surface area contributed by atoms with E-state index < -0.39 is 5.97 Å². The predicted molar refractivity (Wildman–Crippen MR) is 93.3 cm³/mol. The first-order chi connectivity index (χ1) is 10.1. The van der Waals surface area contributed by atoms with Crippen molar-refractivity contribution in [1.82, 2.24) is 0 Å². The van der Waals surface area contributed by atoms with Gasteiger partial charge in [-0.1, -0.05) is 28.1 Å². The zero-order valence-electron chi connectivity index (χ0n) is 11.6. The summed E-state index contributed by atoms with van der Waals surface area (Å²) < 4.78 is 5.79. The van der Waals surface area contributed by atoms with Gasteiger partial charge in [0, 0.05) is 11.0 Å². The van der Waals surface area contributed by atoms with Crippen molar-refractivity contribution in [3.05, 3.63) is 39.2 Å². The van der Waals surface area contributed by atoms with E-state index >= 15 is 0 Å². The summed E-state index contributed by atoms with van der Waals surface area (Å²) >= 11 is 6.29. The van der Waals surface area contributed by atoms with Crippen LogP contribution in [0.5, 0.6) is 0 Å². The number of nitrogens with two attached hydrogens (primary N) is 1. The third-order valence-corrected chi connectivity index (χ3v) is 5.41. The highest BCUT2D eigenvalue weighted by molar-refractivity contribution is 9.10. The second-order valence-electron chi connectivity index (χ2n) is 4.18. The van der Waals surface area contributed by atoms with Crippen molar-refractivity contribution in [2.75, 3.05) is 24.4 Å². The molecule has 0 fully saturated rings. The van der Waals surface area contributed by atoms with Crippen LogP contribution in [-0.2, 0) is 11.3 Å². The van der Waals surface area contributed by atoms with Crippen LogP contribution in [0, 0.1) is 0 Å². The molecule has 0 spiro atoms. The summed E-state index contributed by atoms with van der Waals surface area (Å²) in [5.41, 5.74) is 7.65. The molecule has 2 aromatic rings. The number of methoxy groups -OCH3 is 1. The number of carbonyl (C=O) groups is 1. The second-order valence-corrected chi connectivity index (χ2v) is 6.94. The highest BCUT2D eigenvalue weighted by Crippen LogP contribution is 2.42. The molecule has 0 aliphatic rings. The molecule has 0 aliphatic carbocycles. The fraction of sp³-hybridized carbons (Fsp3) is 0.214. The van der Waals surface area contributed by atoms with Crippen molar-refractivity contribution in [1.29, 1.82) is 0 Å². The SMILES string of the molecule is COC(=O)c1sc(NCc2cccc(Br)c2)c(SC)c1N. The fourth-order valence-corrected chi connectivity index (χ4v) is 4.22. The molecule has 0 bridgehead atoms. The van der Waals surface area contributed by atoms with Crippen LogP contribution in [0.1, 0.15) is 15.2 Å². The van der Waals surface area contributed by atoms with Crippen LogP contribution >= 0.6 is 39.0 Å². The van der Waals surface area contributed by atoms with Gasteiger partial charge in [-0.3, -0.25) is 0 Å². The standard InChI is InChI=1S/C14H15BrN2O2S2/c1-19-14(18)12-10(16)11(20-2)13(21-12)17-7-8-4-3-5-9(15)6-8/h3-6,17H,7,16H2,1-2H3. The van der Waals surface area contributed by atoms with Crippen LogP contribution in [0.15, 0.2) is 33.6 Å². The first-order valence-electron chi connectivity index (χ1n) is 6.09. The number of carbonyl (C=O) groups excluding carboxylic acids is 1. The van der Waals surface area contributed by atoms with E-state index in [0.717, 1.165) is 19.9 Å². The maximum atomic E-state index is 11.7. The van der Waals surface area contributed by atoms with E-state index in [4.69, 9.17) is 10.5 Å². The number of hydrogen-bond donors (Lipinski definition) is 2. The van der Waals surface area contributed by atoms with Crippen molar-refractivity contribution in [2.45, 2.75) is 11.4 Å². The number of nitrogen functional groups attached to an aromatic ring is 1. The van der Waals surface area contributed by atoms with Crippen LogP contribution in [0.2, 0.25) is 0 Å². The number of anilines is 2. The normalized spacial score (nSPS) is 10.4. The van der Waals surface area contributed by atoms with Gasteiger partial charge in [-0.15, -0.1) is 23.1 Å². The number of thioether (sulfide) groups is 1. The number of thiophene rings is 1. The molecule has 1 aromatic carbocycles. The quantitative estimate of drug-likeness (QED) is 0.594. The van der Waals surface area contributed by atoms with Gasteiger partial charge in [0.05, 0.1) is 17.7 Å². The van der Waals surface area contributed by atoms with Crippen molar-refractivity contribution in [3.63, 3.8) is 0 Å². The number of rotatable bonds is 5. The molecular formula is C14H15BrN2O2S2. The Morgan fingerprint density at radius 2 is 2.29 bits per heavy atom. The lowest BCUT2D eigenvalue weighted by molar-refractivity contribution is 0.0607. The Labute approximate surface area is 140 Å². The van der Waals surface area contributed by atoms with Gasteiger partial charge < -0.3 is 15.8 Å². The van der Waals surface area contributed by atoms with E-state index in [1.54, 1.807) is 0 Å². The zero-order chi connectivity index (χ0) is 15.4. The van der Waals surface area contributed by atoms with Crippen LogP contribution in [0.4, 0.5) is 10.7 Å². The lowest BCUT2D eigenvalue weighted by Crippen LogP contribution is -2.01. The minimum Gasteiger partial charge on any atom is -0.465 e. The van der Waals surface area contributed by atoms with Gasteiger partial charge in [-0.25, -0.2) is 4.79 Å². The van der Waals surface area contributed by atoms with E-state index in [0.29, 0.717) is 17.1 Å². The topological polar surface area (TPSA) is 64.3 Å². The van der Waals surface area contributed by atoms with Crippen molar-refractivity contribution in [2.24, 2.45) is 0 Å². The minimum atomic E-state index is -0.400. The number of benzene rings is 1. The fourth-order valence-electron chi connectivity index (χ4n) is 1.82. The molecule has 0 unspecified atom stereocenters. The molecule has 3 N–H and O–H groups in total. The van der Waals surface area contributed by atoms with Gasteiger partial charge in [-0.2, -0.15) is 0 Å². The Balaban J connectivity index is 2.21. The number of hydrogen-bond acceptors (Lipinski definition) is 6. The van der Waals surface area contributed by atoms with Gasteiger partial charge >= 0.3 is 5.97 Å². The summed E-state index contributed by atoms with van der Waals surface area (Å²) in [5, 5.41) is 4.23. The monoisotopic (exact) mass is 386 g/mol. The van der Waals surface area contributed by atoms with Crippen LogP contribution < -0.4 is 11.1 Å². The molecule has 0 saturated carbocycles. The Kier molecular flexibility index (Phi) is 5.55. The number of esters is 1. The van der Waals surface area contributed by atoms with Gasteiger partial charge in [0.15, 0.2) is 0 Å². The lowest BCUT2D eigenvalue weighted by atomic mass is 10.2. The number of nitrogens with one attached hydrogen (secondary N) is 1. The minimum absolute atomic E-state index is 0.400. The molecule has 112 valence electrons. The third-order valence-electron chi connectivity index (χ3n) is 2.82. The summed E-state index contributed by atoms with van der Waals surface area (Å²) in [4.78, 5) is 13.0. The van der Waals surface area contributed by atoms with E-state index in [2.05, 4.69) is 21.2 Å². The molecule has 0 amide bonds. The molecule has 0 saturated heterocycles. The van der Waals surface area contributed by atoms with Crippen LogP contribution in [0.25, 0.3) is 0 Å². The molecule has 7 heteroatoms. The average molecular weight is 387 g/mol. The van der Waals surface area contributed by atoms with E-state index in [1.807, 2.05) is 30.5 Å². The first-order valence-corrected chi connectivity index (χ1v) is 8.93. The first kappa shape index (κ1) is 16.2. The zero-order valence-corrected chi connectivity index (χ0v) is 14.8. The molecular weight excluding hydrogens is 372 g/mol. The van der Waals surface area contributed by atoms with Crippen LogP contribution in [-0.4, -0.2) is 19.3 Å². The summed E-state index contributed by atoms with van der Waals surface area (Å²) in [7, 11) is 1.36. The molecule has 0 radical (unpaired) electrons. The summed E-state index contributed by atoms with van der Waals surface area (Å²) in [5.74, 6) is -0.400. The smallest absolute Gasteiger partial charge is 0.350 e. The molecule has 0 atom stereocenters. The Morgan fingerprint density at radius 3 is 2.90 bits per heavy atom. The van der Waals surface area contributed by atoms with E-state index in [9.17, 15) is 4.79 Å². The van der Waals surface area contributed by atoms with Gasteiger partial charge in [-0.05, 0) is 24.0 Å². The average Bonchev–Trinajstić information content (AvgIpc) is 2.80. The maximum absolute atomic E-state index is 11.7. The highest BCUT2D eigenvalue weighted by atomic mass is 79.9. The molecule has 4 nitrogen and oxygen atoms in total. The highest BCUT2D eigenvalue weighted by Gasteiger charge is 2.20. The van der Waals surface area contributed by atoms with E-state index in [1.165, 1.54) is 30.2 Å². The number of ether oxygens (including phenoxy) is 1. The Bertz CT molecular complexity index is 658. The lowest BCUT2D eigenvalue weighted by Gasteiger charge is -2.06. The molecule has 0 aliphatic heterocycles. The predicted octanol–water partition coefficient (Wildman–Crippen LogP) is 4.21. The van der Waals surface area contributed by atoms with Crippen molar-refractivity contribution >= 4 is 55.7 Å². The Hall–Kier alpha value is -1.18. The van der Waals surface area contributed by atoms with Crippen molar-refractivity contribution < 1.29 is 9.53 Å². The maximum Gasteiger partial charge on any atom is 0.350 e. The Morgan fingerprint density at radius 1 is 1.52 bits per heavy atom. The largest absolute Gasteiger partial charge is 0.465 e. The molecule has 21 heavy (non-hydrogen) atoms. The molecule has 2 rings (SSSR count). The number of halogens is 1. The summed E-state index contributed by atoms with van der Waals surface area (Å²) in [6.07, 6.45) is 1.93. The third kappa shape index (κ3) is 3.72. The molecule has 1 aromatic heterocycles. The van der Waals surface area contributed by atoms with Gasteiger partial charge in [0.1, 0.15) is 9.88 Å². The summed E-state index contributed by atoms with van der Waals surface area (Å²) in [6.45, 7) is 0.660. The van der Waals surface area contributed by atoms with Gasteiger partial charge in [0.25, 0.3) is 0 Å². The van der Waals surface area contributed by atoms with E-state index in [-0.39, 0.29) is 0 Å². The van der Waals surface area contributed by atoms with Gasteiger partial charge in [0.2, 0.25) is 0 Å².